The maximum Gasteiger partial charge on any atom is 0.309 e. The lowest BCUT2D eigenvalue weighted by atomic mass is 10.1. The van der Waals surface area contributed by atoms with Crippen LogP contribution in [0.15, 0.2) is 24.3 Å². The van der Waals surface area contributed by atoms with Gasteiger partial charge in [-0.25, -0.2) is 0 Å². The molecule has 2 heteroatoms. The van der Waals surface area contributed by atoms with Gasteiger partial charge in [0.05, 0.1) is 13.5 Å². The van der Waals surface area contributed by atoms with E-state index in [9.17, 15) is 4.79 Å². The summed E-state index contributed by atoms with van der Waals surface area (Å²) >= 11 is 0. The van der Waals surface area contributed by atoms with Gasteiger partial charge in [0, 0.05) is 0 Å². The Labute approximate surface area is 91.3 Å². The third kappa shape index (κ3) is 4.15. The highest BCUT2D eigenvalue weighted by molar-refractivity contribution is 5.72. The van der Waals surface area contributed by atoms with Crippen LogP contribution in [0.2, 0.25) is 0 Å². The first-order chi connectivity index (χ1) is 7.26. The number of unbranched alkanes of at least 4 members (excludes halogenated alkanes) is 1. The molecule has 0 aliphatic rings. The average molecular weight is 206 g/mol. The lowest BCUT2D eigenvalue weighted by Gasteiger charge is -2.02. The van der Waals surface area contributed by atoms with Crippen LogP contribution in [-0.2, 0) is 22.4 Å². The van der Waals surface area contributed by atoms with E-state index in [1.54, 1.807) is 0 Å². The smallest absolute Gasteiger partial charge is 0.309 e. The number of benzene rings is 1. The van der Waals surface area contributed by atoms with E-state index in [-0.39, 0.29) is 5.97 Å². The molecule has 0 spiro atoms. The summed E-state index contributed by atoms with van der Waals surface area (Å²) < 4.78 is 4.61. The number of esters is 1. The van der Waals surface area contributed by atoms with Crippen LogP contribution in [-0.4, -0.2) is 13.1 Å². The number of carbonyl (C=O) groups excluding carboxylic acids is 1. The molecule has 0 aliphatic heterocycles. The van der Waals surface area contributed by atoms with Crippen molar-refractivity contribution in [3.8, 4) is 0 Å². The number of methoxy groups -OCH3 is 1. The van der Waals surface area contributed by atoms with Gasteiger partial charge in [-0.05, 0) is 24.0 Å². The van der Waals surface area contributed by atoms with Gasteiger partial charge in [0.15, 0.2) is 0 Å². The molecule has 15 heavy (non-hydrogen) atoms. The van der Waals surface area contributed by atoms with E-state index in [4.69, 9.17) is 0 Å². The summed E-state index contributed by atoms with van der Waals surface area (Å²) in [5, 5.41) is 0. The molecule has 0 radical (unpaired) electrons. The Morgan fingerprint density at radius 2 is 1.80 bits per heavy atom. The van der Waals surface area contributed by atoms with Gasteiger partial charge in [0.1, 0.15) is 0 Å². The molecule has 0 N–H and O–H groups in total. The van der Waals surface area contributed by atoms with E-state index < -0.39 is 0 Å². The van der Waals surface area contributed by atoms with Crippen LogP contribution in [0.1, 0.15) is 30.9 Å². The molecule has 0 saturated heterocycles. The Hall–Kier alpha value is -1.31. The van der Waals surface area contributed by atoms with Crippen LogP contribution >= 0.6 is 0 Å². The molecule has 0 atom stereocenters. The van der Waals surface area contributed by atoms with Crippen LogP contribution in [0.4, 0.5) is 0 Å². The van der Waals surface area contributed by atoms with Gasteiger partial charge in [-0.2, -0.15) is 0 Å². The fraction of sp³-hybridized carbons (Fsp3) is 0.462. The van der Waals surface area contributed by atoms with Crippen LogP contribution in [0.5, 0.6) is 0 Å². The maximum atomic E-state index is 11.0. The first-order valence-electron chi connectivity index (χ1n) is 5.41. The minimum Gasteiger partial charge on any atom is -0.469 e. The molecule has 0 amide bonds. The molecule has 0 aromatic heterocycles. The number of ether oxygens (including phenoxy) is 1. The van der Waals surface area contributed by atoms with Crippen molar-refractivity contribution in [2.45, 2.75) is 32.6 Å². The molecule has 1 rings (SSSR count). The third-order valence-electron chi connectivity index (χ3n) is 2.42. The van der Waals surface area contributed by atoms with Crippen LogP contribution < -0.4 is 0 Å². The molecule has 0 unspecified atom stereocenters. The van der Waals surface area contributed by atoms with Crippen molar-refractivity contribution in [1.82, 2.24) is 0 Å². The fourth-order valence-electron chi connectivity index (χ4n) is 1.44. The van der Waals surface area contributed by atoms with Gasteiger partial charge in [0.25, 0.3) is 0 Å². The molecular formula is C13H18O2. The quantitative estimate of drug-likeness (QED) is 0.692. The Bertz CT molecular complexity index is 301. The van der Waals surface area contributed by atoms with Gasteiger partial charge in [0.2, 0.25) is 0 Å². The largest absolute Gasteiger partial charge is 0.469 e. The SMILES string of the molecule is CCCCc1ccc(CC(=O)OC)cc1. The monoisotopic (exact) mass is 206 g/mol. The van der Waals surface area contributed by atoms with E-state index in [1.807, 2.05) is 12.1 Å². The van der Waals surface area contributed by atoms with Gasteiger partial charge < -0.3 is 4.74 Å². The molecule has 0 heterocycles. The Morgan fingerprint density at radius 1 is 1.20 bits per heavy atom. The topological polar surface area (TPSA) is 26.3 Å². The van der Waals surface area contributed by atoms with E-state index >= 15 is 0 Å². The fourth-order valence-corrected chi connectivity index (χ4v) is 1.44. The standard InChI is InChI=1S/C13H18O2/c1-3-4-5-11-6-8-12(9-7-11)10-13(14)15-2/h6-9H,3-5,10H2,1-2H3. The zero-order valence-corrected chi connectivity index (χ0v) is 9.45. The van der Waals surface area contributed by atoms with E-state index in [2.05, 4.69) is 23.8 Å². The molecule has 2 nitrogen and oxygen atoms in total. The van der Waals surface area contributed by atoms with Gasteiger partial charge in [-0.15, -0.1) is 0 Å². The van der Waals surface area contributed by atoms with E-state index in [1.165, 1.54) is 25.5 Å². The number of hydrogen-bond acceptors (Lipinski definition) is 2. The lowest BCUT2D eigenvalue weighted by Crippen LogP contribution is -2.04. The highest BCUT2D eigenvalue weighted by atomic mass is 16.5. The summed E-state index contributed by atoms with van der Waals surface area (Å²) in [6.45, 7) is 2.19. The number of rotatable bonds is 5. The first-order valence-corrected chi connectivity index (χ1v) is 5.41. The van der Waals surface area contributed by atoms with Crippen molar-refractivity contribution in [3.05, 3.63) is 35.4 Å². The minimum atomic E-state index is -0.184. The highest BCUT2D eigenvalue weighted by Gasteiger charge is 2.02. The van der Waals surface area contributed by atoms with Crippen molar-refractivity contribution in [2.24, 2.45) is 0 Å². The van der Waals surface area contributed by atoms with E-state index in [0.717, 1.165) is 12.0 Å². The summed E-state index contributed by atoms with van der Waals surface area (Å²) in [6, 6.07) is 8.19. The zero-order valence-electron chi connectivity index (χ0n) is 9.45. The molecule has 0 bridgehead atoms. The van der Waals surface area contributed by atoms with Crippen molar-refractivity contribution in [3.63, 3.8) is 0 Å². The van der Waals surface area contributed by atoms with Crippen molar-refractivity contribution in [1.29, 1.82) is 0 Å². The first kappa shape index (κ1) is 11.8. The van der Waals surface area contributed by atoms with Crippen LogP contribution in [0.25, 0.3) is 0 Å². The molecule has 82 valence electrons. The summed E-state index contributed by atoms with van der Waals surface area (Å²) in [4.78, 5) is 11.0. The zero-order chi connectivity index (χ0) is 11.1. The number of aryl methyl sites for hydroxylation is 1. The van der Waals surface area contributed by atoms with Crippen molar-refractivity contribution >= 4 is 5.97 Å². The summed E-state index contributed by atoms with van der Waals surface area (Å²) in [5.41, 5.74) is 2.35. The van der Waals surface area contributed by atoms with Crippen LogP contribution in [0, 0.1) is 0 Å². The number of carbonyl (C=O) groups is 1. The second-order valence-corrected chi connectivity index (χ2v) is 3.67. The summed E-state index contributed by atoms with van der Waals surface area (Å²) in [5.74, 6) is -0.184. The van der Waals surface area contributed by atoms with Gasteiger partial charge >= 0.3 is 5.97 Å². The summed E-state index contributed by atoms with van der Waals surface area (Å²) in [7, 11) is 1.41. The second-order valence-electron chi connectivity index (χ2n) is 3.67. The van der Waals surface area contributed by atoms with Crippen molar-refractivity contribution in [2.75, 3.05) is 7.11 Å². The normalized spacial score (nSPS) is 10.0. The Balaban J connectivity index is 2.52. The highest BCUT2D eigenvalue weighted by Crippen LogP contribution is 2.08. The van der Waals surface area contributed by atoms with Crippen LogP contribution in [0.3, 0.4) is 0 Å². The summed E-state index contributed by atoms with van der Waals surface area (Å²) in [6.07, 6.45) is 3.92. The molecular weight excluding hydrogens is 188 g/mol. The molecule has 0 saturated carbocycles. The van der Waals surface area contributed by atoms with Gasteiger partial charge in [-0.3, -0.25) is 4.79 Å². The van der Waals surface area contributed by atoms with E-state index in [0.29, 0.717) is 6.42 Å². The molecule has 1 aromatic carbocycles. The van der Waals surface area contributed by atoms with Gasteiger partial charge in [-0.1, -0.05) is 37.6 Å². The average Bonchev–Trinajstić information content (AvgIpc) is 2.28. The Kier molecular flexibility index (Phi) is 4.88. The number of hydrogen-bond donors (Lipinski definition) is 0. The molecule has 1 aromatic rings. The molecule has 0 aliphatic carbocycles. The van der Waals surface area contributed by atoms with Crippen molar-refractivity contribution < 1.29 is 9.53 Å². The molecule has 0 fully saturated rings. The predicted octanol–water partition coefficient (Wildman–Crippen LogP) is 2.74. The maximum absolute atomic E-state index is 11.0. The Morgan fingerprint density at radius 3 is 2.33 bits per heavy atom. The second kappa shape index (κ2) is 6.23. The minimum absolute atomic E-state index is 0.184. The lowest BCUT2D eigenvalue weighted by molar-refractivity contribution is -0.139. The third-order valence-corrected chi connectivity index (χ3v) is 2.42. The predicted molar refractivity (Wildman–Crippen MR) is 60.8 cm³/mol.